The molecule has 5 rings (SSSR count). The average Bonchev–Trinajstić information content (AvgIpc) is 2.82. The summed E-state index contributed by atoms with van der Waals surface area (Å²) in [5.74, 6) is 1.32. The highest BCUT2D eigenvalue weighted by Gasteiger charge is 2.11. The van der Waals surface area contributed by atoms with Crippen LogP contribution in [0.4, 0.5) is 0 Å². The highest BCUT2D eigenvalue weighted by atomic mass is 32.2. The molecule has 5 aromatic rings. The zero-order valence-electron chi connectivity index (χ0n) is 17.8. The number of fused-ring (bicyclic) bond motifs is 2. The molecule has 3 heterocycles. The predicted molar refractivity (Wildman–Crippen MR) is 129 cm³/mol. The minimum atomic E-state index is -0.0649. The Bertz CT molecular complexity index is 1500. The van der Waals surface area contributed by atoms with E-state index in [0.29, 0.717) is 11.4 Å². The second kappa shape index (κ2) is 8.48. The van der Waals surface area contributed by atoms with Crippen LogP contribution < -0.4 is 10.3 Å². The number of benzene rings is 2. The zero-order valence-corrected chi connectivity index (χ0v) is 18.6. The van der Waals surface area contributed by atoms with Crippen LogP contribution in [0.2, 0.25) is 0 Å². The first-order chi connectivity index (χ1) is 15.6. The summed E-state index contributed by atoms with van der Waals surface area (Å²) in [6.07, 6.45) is 0. The Kier molecular flexibility index (Phi) is 5.37. The van der Waals surface area contributed by atoms with Crippen molar-refractivity contribution in [2.75, 3.05) is 7.11 Å². The van der Waals surface area contributed by atoms with Crippen molar-refractivity contribution in [3.8, 4) is 16.9 Å². The monoisotopic (exact) mass is 439 g/mol. The molecule has 0 spiro atoms. The fourth-order valence-corrected chi connectivity index (χ4v) is 4.63. The molecule has 0 atom stereocenters. The van der Waals surface area contributed by atoms with Gasteiger partial charge in [0.05, 0.1) is 23.3 Å². The Balaban J connectivity index is 1.54. The Morgan fingerprint density at radius 1 is 0.938 bits per heavy atom. The summed E-state index contributed by atoms with van der Waals surface area (Å²) in [4.78, 5) is 22.1. The van der Waals surface area contributed by atoms with E-state index < -0.39 is 0 Å². The highest BCUT2D eigenvalue weighted by Crippen LogP contribution is 2.34. The standard InChI is InChI=1S/C26H21N3O2S/c1-17-7-6-10-24-27-19(13-26(30)29(17)24)16-32-25-15-22(18-8-4-3-5-9-18)21-12-11-20(31-2)14-23(21)28-25/h3-15H,16H2,1-2H3. The molecule has 32 heavy (non-hydrogen) atoms. The fourth-order valence-electron chi connectivity index (χ4n) is 3.83. The second-order valence-corrected chi connectivity index (χ2v) is 8.49. The minimum Gasteiger partial charge on any atom is -0.497 e. The second-order valence-electron chi connectivity index (χ2n) is 7.49. The number of hydrogen-bond donors (Lipinski definition) is 0. The van der Waals surface area contributed by atoms with Gasteiger partial charge in [-0.1, -0.05) is 48.2 Å². The van der Waals surface area contributed by atoms with Crippen LogP contribution in [0.5, 0.6) is 5.75 Å². The van der Waals surface area contributed by atoms with E-state index in [-0.39, 0.29) is 5.56 Å². The third kappa shape index (κ3) is 3.85. The molecular weight excluding hydrogens is 418 g/mol. The Morgan fingerprint density at radius 2 is 1.78 bits per heavy atom. The molecule has 0 fully saturated rings. The Morgan fingerprint density at radius 3 is 2.59 bits per heavy atom. The lowest BCUT2D eigenvalue weighted by atomic mass is 10.0. The molecule has 0 unspecified atom stereocenters. The van der Waals surface area contributed by atoms with E-state index in [1.165, 1.54) is 0 Å². The van der Waals surface area contributed by atoms with Gasteiger partial charge in [-0.05, 0) is 48.4 Å². The van der Waals surface area contributed by atoms with Crippen molar-refractivity contribution < 1.29 is 4.74 Å². The van der Waals surface area contributed by atoms with Gasteiger partial charge >= 0.3 is 0 Å². The van der Waals surface area contributed by atoms with E-state index in [0.717, 1.165) is 44.2 Å². The van der Waals surface area contributed by atoms with Gasteiger partial charge < -0.3 is 4.74 Å². The van der Waals surface area contributed by atoms with Gasteiger partial charge in [0, 0.05) is 29.0 Å². The van der Waals surface area contributed by atoms with Crippen molar-refractivity contribution in [3.63, 3.8) is 0 Å². The molecule has 0 amide bonds. The number of aromatic nitrogens is 3. The normalized spacial score (nSPS) is 11.2. The molecule has 3 aromatic heterocycles. The van der Waals surface area contributed by atoms with Crippen LogP contribution in [-0.4, -0.2) is 21.5 Å². The van der Waals surface area contributed by atoms with Crippen molar-refractivity contribution >= 4 is 28.3 Å². The smallest absolute Gasteiger partial charge is 0.258 e. The SMILES string of the molecule is COc1ccc2c(-c3ccccc3)cc(SCc3cc(=O)n4c(C)cccc4n3)nc2c1. The van der Waals surface area contributed by atoms with E-state index in [1.807, 2.05) is 61.5 Å². The molecule has 0 aliphatic rings. The molecule has 158 valence electrons. The van der Waals surface area contributed by atoms with Crippen molar-refractivity contribution in [3.05, 3.63) is 101 Å². The predicted octanol–water partition coefficient (Wildman–Crippen LogP) is 5.52. The highest BCUT2D eigenvalue weighted by molar-refractivity contribution is 7.98. The summed E-state index contributed by atoms with van der Waals surface area (Å²) in [7, 11) is 1.66. The van der Waals surface area contributed by atoms with Gasteiger partial charge in [0.15, 0.2) is 0 Å². The van der Waals surface area contributed by atoms with Gasteiger partial charge in [-0.15, -0.1) is 0 Å². The number of ether oxygens (including phenoxy) is 1. The van der Waals surface area contributed by atoms with Gasteiger partial charge in [0.2, 0.25) is 0 Å². The van der Waals surface area contributed by atoms with Crippen LogP contribution in [-0.2, 0) is 5.75 Å². The lowest BCUT2D eigenvalue weighted by Gasteiger charge is -2.11. The van der Waals surface area contributed by atoms with Gasteiger partial charge in [0.1, 0.15) is 11.4 Å². The first kappa shape index (κ1) is 20.3. The van der Waals surface area contributed by atoms with E-state index in [1.54, 1.807) is 29.3 Å². The van der Waals surface area contributed by atoms with Crippen LogP contribution in [0.3, 0.4) is 0 Å². The van der Waals surface area contributed by atoms with Crippen LogP contribution in [0.25, 0.3) is 27.7 Å². The quantitative estimate of drug-likeness (QED) is 0.338. The topological polar surface area (TPSA) is 56.5 Å². The maximum absolute atomic E-state index is 12.6. The molecule has 0 aliphatic heterocycles. The summed E-state index contributed by atoms with van der Waals surface area (Å²) < 4.78 is 7.03. The molecular formula is C26H21N3O2S. The summed E-state index contributed by atoms with van der Waals surface area (Å²) in [6.45, 7) is 1.91. The average molecular weight is 440 g/mol. The van der Waals surface area contributed by atoms with E-state index in [2.05, 4.69) is 23.2 Å². The Labute approximate surface area is 189 Å². The minimum absolute atomic E-state index is 0.0649. The van der Waals surface area contributed by atoms with Gasteiger partial charge in [-0.3, -0.25) is 9.20 Å². The van der Waals surface area contributed by atoms with E-state index in [9.17, 15) is 4.79 Å². The van der Waals surface area contributed by atoms with Crippen molar-refractivity contribution in [2.45, 2.75) is 17.7 Å². The van der Waals surface area contributed by atoms with E-state index >= 15 is 0 Å². The van der Waals surface area contributed by atoms with Crippen molar-refractivity contribution in [1.82, 2.24) is 14.4 Å². The van der Waals surface area contributed by atoms with Crippen molar-refractivity contribution in [1.29, 1.82) is 0 Å². The molecule has 6 heteroatoms. The Hall–Kier alpha value is -3.64. The number of aryl methyl sites for hydroxylation is 1. The summed E-state index contributed by atoms with van der Waals surface area (Å²) in [6, 6.07) is 25.6. The number of methoxy groups -OCH3 is 1. The molecule has 0 saturated heterocycles. The summed E-state index contributed by atoms with van der Waals surface area (Å²) in [5, 5.41) is 1.94. The van der Waals surface area contributed by atoms with Crippen LogP contribution in [0, 0.1) is 6.92 Å². The summed E-state index contributed by atoms with van der Waals surface area (Å²) in [5.41, 5.74) is 5.32. The molecule has 0 radical (unpaired) electrons. The number of hydrogen-bond acceptors (Lipinski definition) is 5. The number of rotatable bonds is 5. The first-order valence-electron chi connectivity index (χ1n) is 10.3. The van der Waals surface area contributed by atoms with Gasteiger partial charge in [-0.2, -0.15) is 0 Å². The molecule has 0 saturated carbocycles. The lowest BCUT2D eigenvalue weighted by molar-refractivity contribution is 0.415. The maximum Gasteiger partial charge on any atom is 0.258 e. The number of thioether (sulfide) groups is 1. The van der Waals surface area contributed by atoms with Crippen LogP contribution in [0.1, 0.15) is 11.4 Å². The number of nitrogens with zero attached hydrogens (tertiary/aromatic N) is 3. The largest absolute Gasteiger partial charge is 0.497 e. The molecule has 5 nitrogen and oxygen atoms in total. The summed E-state index contributed by atoms with van der Waals surface area (Å²) >= 11 is 1.57. The van der Waals surface area contributed by atoms with Crippen LogP contribution >= 0.6 is 11.8 Å². The molecule has 0 aliphatic carbocycles. The lowest BCUT2D eigenvalue weighted by Crippen LogP contribution is -2.17. The maximum atomic E-state index is 12.6. The van der Waals surface area contributed by atoms with Crippen molar-refractivity contribution in [2.24, 2.45) is 0 Å². The number of pyridine rings is 2. The molecule has 0 N–H and O–H groups in total. The third-order valence-corrected chi connectivity index (χ3v) is 6.32. The van der Waals surface area contributed by atoms with Gasteiger partial charge in [-0.25, -0.2) is 9.97 Å². The first-order valence-corrected chi connectivity index (χ1v) is 11.3. The van der Waals surface area contributed by atoms with Crippen LogP contribution in [0.15, 0.2) is 88.7 Å². The zero-order chi connectivity index (χ0) is 22.1. The van der Waals surface area contributed by atoms with E-state index in [4.69, 9.17) is 9.72 Å². The molecule has 2 aromatic carbocycles. The fraction of sp³-hybridized carbons (Fsp3) is 0.115. The van der Waals surface area contributed by atoms with Gasteiger partial charge in [0.25, 0.3) is 5.56 Å². The molecule has 0 bridgehead atoms. The third-order valence-electron chi connectivity index (χ3n) is 5.38.